The van der Waals surface area contributed by atoms with Crippen LogP contribution < -0.4 is 15.5 Å². The lowest BCUT2D eigenvalue weighted by atomic mass is 10.1. The maximum Gasteiger partial charge on any atom is 0.355 e. The van der Waals surface area contributed by atoms with Crippen molar-refractivity contribution in [3.8, 4) is 5.75 Å². The third-order valence-corrected chi connectivity index (χ3v) is 7.88. The van der Waals surface area contributed by atoms with E-state index in [1.165, 1.54) is 79.0 Å². The van der Waals surface area contributed by atoms with E-state index in [9.17, 15) is 34.6 Å². The van der Waals surface area contributed by atoms with Crippen LogP contribution in [0.25, 0.3) is 10.1 Å². The Kier molecular flexibility index (Phi) is 8.88. The molecule has 0 spiro atoms. The summed E-state index contributed by atoms with van der Waals surface area (Å²) >= 11 is 7.33. The highest BCUT2D eigenvalue weighted by Crippen LogP contribution is 2.38. The van der Waals surface area contributed by atoms with Crippen LogP contribution in [-0.4, -0.2) is 33.8 Å². The molecule has 2 N–H and O–H groups in total. The van der Waals surface area contributed by atoms with Gasteiger partial charge >= 0.3 is 5.97 Å². The Morgan fingerprint density at radius 1 is 0.822 bits per heavy atom. The zero-order chi connectivity index (χ0) is 32.1. The van der Waals surface area contributed by atoms with E-state index in [0.717, 1.165) is 11.3 Å². The van der Waals surface area contributed by atoms with Crippen molar-refractivity contribution in [2.45, 2.75) is 0 Å². The first-order valence-electron chi connectivity index (χ1n) is 12.8. The molecule has 0 aliphatic heterocycles. The Bertz CT molecular complexity index is 2010. The third-order valence-electron chi connectivity index (χ3n) is 6.25. The summed E-state index contributed by atoms with van der Waals surface area (Å²) in [5.74, 6) is -1.67. The van der Waals surface area contributed by atoms with E-state index >= 15 is 0 Å². The number of anilines is 1. The number of carbonyl (C=O) groups is 3. The van der Waals surface area contributed by atoms with Crippen LogP contribution in [0.3, 0.4) is 0 Å². The molecule has 13 nitrogen and oxygen atoms in total. The molecule has 0 bridgehead atoms. The molecule has 45 heavy (non-hydrogen) atoms. The number of halogens is 1. The van der Waals surface area contributed by atoms with Gasteiger partial charge in [0.15, 0.2) is 0 Å². The third kappa shape index (κ3) is 6.98. The lowest BCUT2D eigenvalue weighted by Crippen LogP contribution is -2.18. The van der Waals surface area contributed by atoms with Crippen LogP contribution in [0.1, 0.15) is 36.0 Å². The number of hydrogen-bond donors (Lipinski definition) is 2. The molecule has 0 fully saturated rings. The van der Waals surface area contributed by atoms with Gasteiger partial charge in [-0.3, -0.25) is 29.8 Å². The van der Waals surface area contributed by atoms with Gasteiger partial charge in [-0.25, -0.2) is 10.2 Å². The zero-order valence-electron chi connectivity index (χ0n) is 22.6. The van der Waals surface area contributed by atoms with Crippen molar-refractivity contribution in [1.29, 1.82) is 0 Å². The minimum atomic E-state index is -0.769. The molecule has 15 heteroatoms. The molecule has 0 radical (unpaired) electrons. The summed E-state index contributed by atoms with van der Waals surface area (Å²) in [5.41, 5.74) is 3.32. The van der Waals surface area contributed by atoms with Crippen molar-refractivity contribution in [2.24, 2.45) is 5.10 Å². The maximum atomic E-state index is 13.0. The molecule has 2 amide bonds. The van der Waals surface area contributed by atoms with Crippen LogP contribution in [0.15, 0.2) is 96.1 Å². The molecule has 224 valence electrons. The number of nitrogens with zero attached hydrogens (tertiary/aromatic N) is 3. The number of nitro groups is 2. The molecule has 0 aliphatic rings. The van der Waals surface area contributed by atoms with Crippen molar-refractivity contribution in [3.05, 3.63) is 138 Å². The monoisotopic (exact) mass is 643 g/mol. The number of benzene rings is 4. The number of non-ortho nitro benzene ring substituents is 2. The number of nitrogens with one attached hydrogen (secondary N) is 2. The number of para-hydroxylation sites is 1. The van der Waals surface area contributed by atoms with Crippen LogP contribution in [0, 0.1) is 20.2 Å². The number of esters is 1. The topological polar surface area (TPSA) is 183 Å². The molecule has 0 atom stereocenters. The number of carbonyl (C=O) groups excluding carboxylic acids is 3. The highest BCUT2D eigenvalue weighted by Gasteiger charge is 2.21. The quantitative estimate of drug-likeness (QED) is 0.0591. The second kappa shape index (κ2) is 13.1. The fraction of sp³-hybridized carbons (Fsp3) is 0. The largest absolute Gasteiger partial charge is 0.422 e. The molecular formula is C30H18ClN5O8S. The van der Waals surface area contributed by atoms with Gasteiger partial charge in [-0.05, 0) is 54.6 Å². The van der Waals surface area contributed by atoms with E-state index in [1.54, 1.807) is 18.2 Å². The number of rotatable bonds is 9. The van der Waals surface area contributed by atoms with Crippen molar-refractivity contribution < 1.29 is 29.0 Å². The predicted octanol–water partition coefficient (Wildman–Crippen LogP) is 6.61. The highest BCUT2D eigenvalue weighted by atomic mass is 35.5. The summed E-state index contributed by atoms with van der Waals surface area (Å²) in [5, 5.41) is 29.1. The molecule has 5 aromatic rings. The lowest BCUT2D eigenvalue weighted by Gasteiger charge is -2.07. The fourth-order valence-corrected chi connectivity index (χ4v) is 5.41. The van der Waals surface area contributed by atoms with Gasteiger partial charge in [0.05, 0.1) is 21.1 Å². The van der Waals surface area contributed by atoms with E-state index in [0.29, 0.717) is 21.3 Å². The average molecular weight is 644 g/mol. The summed E-state index contributed by atoms with van der Waals surface area (Å²) in [6.45, 7) is 0. The molecule has 4 aromatic carbocycles. The van der Waals surface area contributed by atoms with Crippen LogP contribution in [-0.2, 0) is 0 Å². The normalized spacial score (nSPS) is 10.9. The van der Waals surface area contributed by atoms with Gasteiger partial charge < -0.3 is 10.1 Å². The maximum absolute atomic E-state index is 13.0. The van der Waals surface area contributed by atoms with Crippen molar-refractivity contribution in [1.82, 2.24) is 5.43 Å². The van der Waals surface area contributed by atoms with Gasteiger partial charge in [-0.15, -0.1) is 11.3 Å². The smallest absolute Gasteiger partial charge is 0.355 e. The average Bonchev–Trinajstić information content (AvgIpc) is 3.37. The molecule has 1 aromatic heterocycles. The second-order valence-corrected chi connectivity index (χ2v) is 10.6. The number of thiophene rings is 1. The lowest BCUT2D eigenvalue weighted by molar-refractivity contribution is -0.385. The van der Waals surface area contributed by atoms with Gasteiger partial charge in [0.1, 0.15) is 10.6 Å². The molecule has 1 heterocycles. The standard InChI is InChI=1S/C30H18ClN5O8S/c31-26-23-14-13-22(36(42)43)15-25(23)45-27(26)30(39)44-24-4-2-1-3-19(24)16-32-34-29(38)18-5-9-20(10-6-18)33-28(37)17-7-11-21(12-8-17)35(40)41/h1-16H,(H,33,37)(H,34,38)/b32-16-. The van der Waals surface area contributed by atoms with Crippen LogP contribution in [0.5, 0.6) is 5.75 Å². The molecule has 0 saturated heterocycles. The summed E-state index contributed by atoms with van der Waals surface area (Å²) < 4.78 is 6.00. The van der Waals surface area contributed by atoms with Crippen LogP contribution in [0.2, 0.25) is 5.02 Å². The van der Waals surface area contributed by atoms with Crippen molar-refractivity contribution in [3.63, 3.8) is 0 Å². The molecular weight excluding hydrogens is 626 g/mol. The van der Waals surface area contributed by atoms with E-state index in [-0.39, 0.29) is 38.2 Å². The van der Waals surface area contributed by atoms with Gasteiger partial charge in [0.2, 0.25) is 0 Å². The van der Waals surface area contributed by atoms with Gasteiger partial charge in [-0.1, -0.05) is 23.7 Å². The van der Waals surface area contributed by atoms with Gasteiger partial charge in [0, 0.05) is 56.7 Å². The number of amides is 2. The van der Waals surface area contributed by atoms with E-state index in [4.69, 9.17) is 16.3 Å². The predicted molar refractivity (Wildman–Crippen MR) is 167 cm³/mol. The number of nitro benzene ring substituents is 2. The number of hydrogen-bond acceptors (Lipinski definition) is 10. The van der Waals surface area contributed by atoms with E-state index in [1.807, 2.05) is 0 Å². The summed E-state index contributed by atoms with van der Waals surface area (Å²) in [4.78, 5) is 58.8. The number of hydrazone groups is 1. The number of fused-ring (bicyclic) bond motifs is 1. The first-order valence-corrected chi connectivity index (χ1v) is 14.0. The highest BCUT2D eigenvalue weighted by molar-refractivity contribution is 7.21. The van der Waals surface area contributed by atoms with Crippen molar-refractivity contribution >= 4 is 74.1 Å². The molecule has 5 rings (SSSR count). The van der Waals surface area contributed by atoms with Crippen molar-refractivity contribution in [2.75, 3.05) is 5.32 Å². The molecule has 0 aliphatic carbocycles. The van der Waals surface area contributed by atoms with E-state index in [2.05, 4.69) is 15.8 Å². The zero-order valence-corrected chi connectivity index (χ0v) is 24.2. The Labute approximate surface area is 262 Å². The van der Waals surface area contributed by atoms with Gasteiger partial charge in [-0.2, -0.15) is 5.10 Å². The Morgan fingerprint density at radius 2 is 1.44 bits per heavy atom. The second-order valence-electron chi connectivity index (χ2n) is 9.14. The van der Waals surface area contributed by atoms with E-state index < -0.39 is 27.6 Å². The van der Waals surface area contributed by atoms with Crippen LogP contribution >= 0.6 is 22.9 Å². The molecule has 0 unspecified atom stereocenters. The minimum absolute atomic E-state index is 0.0691. The summed E-state index contributed by atoms with van der Waals surface area (Å²) in [7, 11) is 0. The molecule has 0 saturated carbocycles. The Balaban J connectivity index is 1.21. The number of ether oxygens (including phenoxy) is 1. The first-order chi connectivity index (χ1) is 21.6. The summed E-state index contributed by atoms with van der Waals surface area (Å²) in [6, 6.07) is 21.6. The first kappa shape index (κ1) is 30.5. The summed E-state index contributed by atoms with van der Waals surface area (Å²) in [6.07, 6.45) is 1.29. The van der Waals surface area contributed by atoms with Gasteiger partial charge in [0.25, 0.3) is 23.2 Å². The SMILES string of the molecule is O=C(N/N=C\c1ccccc1OC(=O)c1sc2cc([N+](=O)[O-])ccc2c1Cl)c1ccc(NC(=O)c2ccc([N+](=O)[O-])cc2)cc1. The van der Waals surface area contributed by atoms with Crippen LogP contribution in [0.4, 0.5) is 17.1 Å². The minimum Gasteiger partial charge on any atom is -0.422 e. The Morgan fingerprint density at radius 3 is 2.13 bits per heavy atom. The Hall–Kier alpha value is -5.99. The fourth-order valence-electron chi connectivity index (χ4n) is 3.99.